The van der Waals surface area contributed by atoms with Gasteiger partial charge in [-0.2, -0.15) is 0 Å². The van der Waals surface area contributed by atoms with Crippen LogP contribution in [0.1, 0.15) is 0 Å². The van der Waals surface area contributed by atoms with Crippen molar-refractivity contribution >= 4 is 44.7 Å². The summed E-state index contributed by atoms with van der Waals surface area (Å²) in [6.45, 7) is 0. The summed E-state index contributed by atoms with van der Waals surface area (Å²) in [7, 11) is 0. The number of nitrogens with zero attached hydrogens (tertiary/aromatic N) is 2. The van der Waals surface area contributed by atoms with Gasteiger partial charge in [0.15, 0.2) is 0 Å². The van der Waals surface area contributed by atoms with Crippen molar-refractivity contribution in [3.63, 3.8) is 0 Å². The molecule has 2 aromatic rings. The third-order valence-corrected chi connectivity index (χ3v) is 2.98. The Morgan fingerprint density at radius 1 is 1.37 bits per heavy atom. The molecule has 8 heteroatoms. The highest BCUT2D eigenvalue weighted by atomic mass is 79.9. The largest absolute Gasteiger partial charge is 0.340 e. The van der Waals surface area contributed by atoms with E-state index in [0.717, 1.165) is 6.07 Å². The quantitative estimate of drug-likeness (QED) is 0.511. The number of aromatic nitrogens is 1. The Morgan fingerprint density at radius 2 is 2.11 bits per heavy atom. The van der Waals surface area contributed by atoms with Crippen LogP contribution in [0.4, 0.5) is 21.6 Å². The van der Waals surface area contributed by atoms with E-state index in [1.54, 1.807) is 0 Å². The average Bonchev–Trinajstić information content (AvgIpc) is 2.33. The zero-order chi connectivity index (χ0) is 14.0. The van der Waals surface area contributed by atoms with Gasteiger partial charge in [0.1, 0.15) is 16.8 Å². The van der Waals surface area contributed by atoms with Gasteiger partial charge in [-0.25, -0.2) is 9.37 Å². The summed E-state index contributed by atoms with van der Waals surface area (Å²) in [5.41, 5.74) is 0.348. The van der Waals surface area contributed by atoms with E-state index in [1.165, 1.54) is 24.3 Å². The van der Waals surface area contributed by atoms with E-state index in [0.29, 0.717) is 5.69 Å². The lowest BCUT2D eigenvalue weighted by molar-refractivity contribution is -0.384. The van der Waals surface area contributed by atoms with Gasteiger partial charge in [-0.05, 0) is 34.1 Å². The smallest absolute Gasteiger partial charge is 0.276 e. The summed E-state index contributed by atoms with van der Waals surface area (Å²) in [5, 5.41) is 13.5. The molecule has 5 nitrogen and oxygen atoms in total. The van der Waals surface area contributed by atoms with E-state index >= 15 is 0 Å². The number of hydrogen-bond donors (Lipinski definition) is 1. The third kappa shape index (κ3) is 3.39. The number of rotatable bonds is 3. The van der Waals surface area contributed by atoms with Crippen molar-refractivity contribution in [2.24, 2.45) is 0 Å². The summed E-state index contributed by atoms with van der Waals surface area (Å²) in [5.74, 6) is -0.201. The van der Waals surface area contributed by atoms with Crippen LogP contribution in [0.15, 0.2) is 34.8 Å². The van der Waals surface area contributed by atoms with E-state index in [4.69, 9.17) is 11.6 Å². The number of pyridine rings is 1. The molecule has 0 aliphatic heterocycles. The van der Waals surface area contributed by atoms with E-state index in [1.807, 2.05) is 0 Å². The first-order chi connectivity index (χ1) is 8.95. The summed E-state index contributed by atoms with van der Waals surface area (Å²) in [6.07, 6.45) is 0. The summed E-state index contributed by atoms with van der Waals surface area (Å²) >= 11 is 8.73. The van der Waals surface area contributed by atoms with E-state index in [9.17, 15) is 14.5 Å². The van der Waals surface area contributed by atoms with Crippen LogP contribution in [-0.4, -0.2) is 9.91 Å². The maximum absolute atomic E-state index is 13.1. The predicted octanol–water partition coefficient (Wildman–Crippen LogP) is 4.29. The summed E-state index contributed by atoms with van der Waals surface area (Å²) in [4.78, 5) is 14.0. The van der Waals surface area contributed by atoms with Crippen LogP contribution in [-0.2, 0) is 0 Å². The van der Waals surface area contributed by atoms with Gasteiger partial charge in [-0.3, -0.25) is 10.1 Å². The number of hydrogen-bond acceptors (Lipinski definition) is 4. The molecule has 0 unspecified atom stereocenters. The number of nitrogens with one attached hydrogen (secondary N) is 1. The lowest BCUT2D eigenvalue weighted by atomic mass is 10.3. The average molecular weight is 347 g/mol. The van der Waals surface area contributed by atoms with Crippen LogP contribution in [0.5, 0.6) is 0 Å². The fraction of sp³-hybridized carbons (Fsp3) is 0. The highest BCUT2D eigenvalue weighted by Crippen LogP contribution is 2.25. The molecule has 98 valence electrons. The minimum absolute atomic E-state index is 0.00197. The minimum atomic E-state index is -0.570. The Kier molecular flexibility index (Phi) is 3.96. The Morgan fingerprint density at radius 3 is 2.74 bits per heavy atom. The highest BCUT2D eigenvalue weighted by molar-refractivity contribution is 9.10. The van der Waals surface area contributed by atoms with Crippen molar-refractivity contribution < 1.29 is 9.31 Å². The molecule has 0 saturated heterocycles. The zero-order valence-corrected chi connectivity index (χ0v) is 11.6. The lowest BCUT2D eigenvalue weighted by Gasteiger charge is -2.06. The molecule has 2 rings (SSSR count). The maximum Gasteiger partial charge on any atom is 0.276 e. The standard InChI is InChI=1S/C11H6BrClFN3O2/c12-8-3-6(1-2-9(8)14)15-11-5-7(17(18)19)4-10(13)16-11/h1-5H,(H,15,16). The molecular weight excluding hydrogens is 340 g/mol. The van der Waals surface area contributed by atoms with Gasteiger partial charge >= 0.3 is 0 Å². The molecule has 0 spiro atoms. The van der Waals surface area contributed by atoms with E-state index in [2.05, 4.69) is 26.2 Å². The first kappa shape index (κ1) is 13.7. The first-order valence-electron chi connectivity index (χ1n) is 5.00. The van der Waals surface area contributed by atoms with Gasteiger partial charge in [-0.1, -0.05) is 11.6 Å². The zero-order valence-electron chi connectivity index (χ0n) is 9.23. The molecule has 19 heavy (non-hydrogen) atoms. The second-order valence-electron chi connectivity index (χ2n) is 3.54. The molecule has 0 aliphatic rings. The van der Waals surface area contributed by atoms with Crippen LogP contribution in [0.25, 0.3) is 0 Å². The Hall–Kier alpha value is -1.73. The number of benzene rings is 1. The van der Waals surface area contributed by atoms with Crippen molar-refractivity contribution in [2.45, 2.75) is 0 Å². The number of nitro groups is 1. The molecule has 0 amide bonds. The van der Waals surface area contributed by atoms with Gasteiger partial charge < -0.3 is 5.32 Å². The molecule has 1 N–H and O–H groups in total. The van der Waals surface area contributed by atoms with E-state index < -0.39 is 10.7 Å². The van der Waals surface area contributed by atoms with Gasteiger partial charge in [0.05, 0.1) is 21.5 Å². The molecule has 0 aliphatic carbocycles. The third-order valence-electron chi connectivity index (χ3n) is 2.18. The molecule has 1 aromatic carbocycles. The normalized spacial score (nSPS) is 10.3. The van der Waals surface area contributed by atoms with Crippen molar-refractivity contribution in [1.29, 1.82) is 0 Å². The van der Waals surface area contributed by atoms with Crippen LogP contribution in [0, 0.1) is 15.9 Å². The molecule has 0 radical (unpaired) electrons. The SMILES string of the molecule is O=[N+]([O-])c1cc(Cl)nc(Nc2ccc(F)c(Br)c2)c1. The van der Waals surface area contributed by atoms with Crippen molar-refractivity contribution in [2.75, 3.05) is 5.32 Å². The Balaban J connectivity index is 2.32. The minimum Gasteiger partial charge on any atom is -0.340 e. The van der Waals surface area contributed by atoms with Crippen molar-refractivity contribution in [3.05, 3.63) is 55.9 Å². The van der Waals surface area contributed by atoms with Crippen LogP contribution in [0.3, 0.4) is 0 Å². The molecule has 0 saturated carbocycles. The van der Waals surface area contributed by atoms with Gasteiger partial charge in [0.2, 0.25) is 0 Å². The molecule has 0 bridgehead atoms. The topological polar surface area (TPSA) is 68.1 Å². The number of halogens is 3. The molecule has 1 heterocycles. The lowest BCUT2D eigenvalue weighted by Crippen LogP contribution is -1.97. The number of anilines is 2. The van der Waals surface area contributed by atoms with Crippen LogP contribution >= 0.6 is 27.5 Å². The first-order valence-corrected chi connectivity index (χ1v) is 6.17. The Labute approximate surface area is 120 Å². The summed E-state index contributed by atoms with van der Waals surface area (Å²) in [6, 6.07) is 6.61. The molecule has 1 aromatic heterocycles. The monoisotopic (exact) mass is 345 g/mol. The second-order valence-corrected chi connectivity index (χ2v) is 4.79. The van der Waals surface area contributed by atoms with Crippen molar-refractivity contribution in [3.8, 4) is 0 Å². The Bertz CT molecular complexity index is 654. The van der Waals surface area contributed by atoms with Crippen molar-refractivity contribution in [1.82, 2.24) is 4.98 Å². The van der Waals surface area contributed by atoms with Gasteiger partial charge in [0.25, 0.3) is 5.69 Å². The van der Waals surface area contributed by atoms with E-state index in [-0.39, 0.29) is 21.1 Å². The maximum atomic E-state index is 13.1. The summed E-state index contributed by atoms with van der Waals surface area (Å²) < 4.78 is 13.3. The fourth-order valence-electron chi connectivity index (χ4n) is 1.37. The van der Waals surface area contributed by atoms with Gasteiger partial charge in [-0.15, -0.1) is 0 Å². The van der Waals surface area contributed by atoms with Gasteiger partial charge in [0, 0.05) is 5.69 Å². The molecule has 0 atom stereocenters. The second kappa shape index (κ2) is 5.50. The fourth-order valence-corrected chi connectivity index (χ4v) is 1.96. The van der Waals surface area contributed by atoms with Crippen LogP contribution < -0.4 is 5.32 Å². The van der Waals surface area contributed by atoms with Crippen LogP contribution in [0.2, 0.25) is 5.15 Å². The molecule has 0 fully saturated rings. The predicted molar refractivity (Wildman–Crippen MR) is 73.3 cm³/mol. The highest BCUT2D eigenvalue weighted by Gasteiger charge is 2.10. The molecular formula is C11H6BrClFN3O2.